The fourth-order valence-corrected chi connectivity index (χ4v) is 10.3. The van der Waals surface area contributed by atoms with Gasteiger partial charge in [0.05, 0.1) is 78.8 Å². The van der Waals surface area contributed by atoms with Gasteiger partial charge in [-0.2, -0.15) is 76.4 Å². The second-order valence-corrected chi connectivity index (χ2v) is 18.7. The lowest BCUT2D eigenvalue weighted by Crippen LogP contribution is -2.11. The molecule has 4 nitrogen and oxygen atoms in total. The number of fused-ring (bicyclic) bond motifs is 6. The molecular formula is C61H29F15N4. The minimum atomic E-state index is -5.14. The van der Waals surface area contributed by atoms with Crippen molar-refractivity contribution >= 4 is 43.6 Å². The quantitative estimate of drug-likeness (QED) is 0.156. The highest BCUT2D eigenvalue weighted by molar-refractivity contribution is 6.12. The molecule has 11 rings (SSSR count). The van der Waals surface area contributed by atoms with Gasteiger partial charge >= 0.3 is 30.9 Å². The topological polar surface area (TPSA) is 57.4 Å². The van der Waals surface area contributed by atoms with E-state index in [1.165, 1.54) is 54.6 Å². The molecule has 0 saturated heterocycles. The van der Waals surface area contributed by atoms with Crippen molar-refractivity contribution in [2.24, 2.45) is 0 Å². The molecule has 398 valence electrons. The van der Waals surface area contributed by atoms with E-state index in [1.54, 1.807) is 75.9 Å². The Bertz CT molecular complexity index is 4370. The average Bonchev–Trinajstić information content (AvgIpc) is 4.17. The molecule has 0 aliphatic rings. The van der Waals surface area contributed by atoms with Crippen molar-refractivity contribution in [2.45, 2.75) is 30.9 Å². The third-order valence-corrected chi connectivity index (χ3v) is 13.9. The number of hydrogen-bond acceptors (Lipinski definition) is 2. The predicted octanol–water partition coefficient (Wildman–Crippen LogP) is 19.4. The van der Waals surface area contributed by atoms with Gasteiger partial charge < -0.3 is 9.13 Å². The highest BCUT2D eigenvalue weighted by Crippen LogP contribution is 2.47. The van der Waals surface area contributed by atoms with Gasteiger partial charge in [0.2, 0.25) is 0 Å². The number of hydrogen-bond donors (Lipinski definition) is 0. The number of rotatable bonds is 6. The van der Waals surface area contributed by atoms with Crippen LogP contribution in [-0.2, 0) is 30.9 Å². The van der Waals surface area contributed by atoms with Crippen LogP contribution in [0.4, 0.5) is 65.9 Å². The summed E-state index contributed by atoms with van der Waals surface area (Å²) in [6.45, 7) is 0. The number of halogens is 15. The van der Waals surface area contributed by atoms with Crippen molar-refractivity contribution in [3.63, 3.8) is 0 Å². The normalized spacial score (nSPS) is 12.7. The largest absolute Gasteiger partial charge is 0.416 e. The van der Waals surface area contributed by atoms with Crippen molar-refractivity contribution < 1.29 is 65.9 Å². The summed E-state index contributed by atoms with van der Waals surface area (Å²) >= 11 is 0. The van der Waals surface area contributed by atoms with E-state index in [9.17, 15) is 76.4 Å². The van der Waals surface area contributed by atoms with E-state index < -0.39 is 64.3 Å². The molecule has 9 aromatic carbocycles. The molecule has 0 unspecified atom stereocenters. The number of aromatic nitrogens is 2. The van der Waals surface area contributed by atoms with Gasteiger partial charge in [-0.15, -0.1) is 0 Å². The smallest absolute Gasteiger partial charge is 0.309 e. The molecule has 0 aliphatic heterocycles. The summed E-state index contributed by atoms with van der Waals surface area (Å²) in [6.07, 6.45) is -25.4. The van der Waals surface area contributed by atoms with Crippen molar-refractivity contribution in [2.75, 3.05) is 0 Å². The van der Waals surface area contributed by atoms with Crippen LogP contribution in [0.3, 0.4) is 0 Å². The maximum absolute atomic E-state index is 14.2. The number of para-hydroxylation sites is 2. The zero-order valence-corrected chi connectivity index (χ0v) is 40.2. The second kappa shape index (κ2) is 18.6. The summed E-state index contributed by atoms with van der Waals surface area (Å²) in [5, 5.41) is 22.6. The molecule has 0 aliphatic carbocycles. The predicted molar refractivity (Wildman–Crippen MR) is 271 cm³/mol. The first-order valence-electron chi connectivity index (χ1n) is 23.7. The number of alkyl halides is 15. The lowest BCUT2D eigenvalue weighted by Gasteiger charge is -2.20. The lowest BCUT2D eigenvalue weighted by molar-refractivity contribution is -0.144. The molecule has 11 aromatic rings. The van der Waals surface area contributed by atoms with Gasteiger partial charge in [0, 0.05) is 38.4 Å². The highest BCUT2D eigenvalue weighted by atomic mass is 19.4. The van der Waals surface area contributed by atoms with Gasteiger partial charge in [-0.05, 0) is 149 Å². The van der Waals surface area contributed by atoms with Crippen LogP contribution in [-0.4, -0.2) is 9.13 Å². The fraction of sp³-hybridized carbons (Fsp3) is 0.0820. The maximum Gasteiger partial charge on any atom is 0.416 e. The molecule has 0 radical (unpaired) electrons. The van der Waals surface area contributed by atoms with Crippen LogP contribution in [0.1, 0.15) is 38.9 Å². The fourth-order valence-electron chi connectivity index (χ4n) is 10.3. The standard InChI is InChI=1S/C61H29F15N4/c62-57(63,64)38-12-14-44(37(24-38)31-78)45-15-13-43(79-52-7-3-1-5-46(52)50-25-33(10-17-54(50)79)35-20-39(58(65,66)67)27-40(21-35)59(68,69)70)29-48(45)49-19-32(30-77)9-16-55(49)80-53-8-4-2-6-47(53)51-26-34(11-18-56(51)80)36-22-41(60(71,72)73)28-42(23-36)61(74,75)76/h1-29H. The Hall–Kier alpha value is -9.49. The number of benzene rings is 9. The van der Waals surface area contributed by atoms with E-state index in [0.29, 0.717) is 85.3 Å². The van der Waals surface area contributed by atoms with Crippen LogP contribution in [0.2, 0.25) is 0 Å². The SMILES string of the molecule is N#Cc1ccc(-n2c3ccccc3c3cc(-c4cc(C(F)(F)F)cc(C(F)(F)F)c4)ccc32)c(-c2cc(-n3c4ccccc4c4cc(-c5cc(C(F)(F)F)cc(C(F)(F)F)c5)ccc43)ccc2-c2ccc(C(F)(F)F)cc2C#N)c1. The average molecular weight is 1100 g/mol. The monoisotopic (exact) mass is 1100 g/mol. The van der Waals surface area contributed by atoms with Gasteiger partial charge in [-0.25, -0.2) is 0 Å². The van der Waals surface area contributed by atoms with E-state index in [0.717, 1.165) is 12.1 Å². The van der Waals surface area contributed by atoms with Crippen LogP contribution in [0.25, 0.3) is 99.5 Å². The minimum absolute atomic E-state index is 0.00226. The Kier molecular flexibility index (Phi) is 12.2. The van der Waals surface area contributed by atoms with Gasteiger partial charge in [0.15, 0.2) is 0 Å². The van der Waals surface area contributed by atoms with Gasteiger partial charge in [-0.3, -0.25) is 0 Å². The molecule has 0 fully saturated rings. The van der Waals surface area contributed by atoms with Crippen molar-refractivity contribution in [1.29, 1.82) is 10.5 Å². The molecule has 0 atom stereocenters. The molecule has 0 bridgehead atoms. The van der Waals surface area contributed by atoms with Crippen LogP contribution in [0.15, 0.2) is 176 Å². The Morgan fingerprint density at radius 3 is 1.23 bits per heavy atom. The molecule has 19 heteroatoms. The summed E-state index contributed by atoms with van der Waals surface area (Å²) in [5.74, 6) is 0. The summed E-state index contributed by atoms with van der Waals surface area (Å²) in [4.78, 5) is 0. The minimum Gasteiger partial charge on any atom is -0.309 e. The highest BCUT2D eigenvalue weighted by Gasteiger charge is 2.39. The first-order valence-corrected chi connectivity index (χ1v) is 23.7. The maximum atomic E-state index is 14.2. The third kappa shape index (κ3) is 9.27. The van der Waals surface area contributed by atoms with Crippen molar-refractivity contribution in [3.8, 4) is 68.0 Å². The van der Waals surface area contributed by atoms with E-state index in [1.807, 2.05) is 6.07 Å². The zero-order chi connectivity index (χ0) is 57.0. The van der Waals surface area contributed by atoms with E-state index >= 15 is 0 Å². The first kappa shape index (κ1) is 52.6. The third-order valence-electron chi connectivity index (χ3n) is 13.9. The summed E-state index contributed by atoms with van der Waals surface area (Å²) in [6, 6.07) is 40.4. The zero-order valence-electron chi connectivity index (χ0n) is 40.2. The summed E-state index contributed by atoms with van der Waals surface area (Å²) in [5.41, 5.74) is -5.30. The van der Waals surface area contributed by atoms with Crippen LogP contribution in [0, 0.1) is 22.7 Å². The van der Waals surface area contributed by atoms with Crippen LogP contribution >= 0.6 is 0 Å². The van der Waals surface area contributed by atoms with E-state index in [2.05, 4.69) is 6.07 Å². The van der Waals surface area contributed by atoms with Crippen LogP contribution in [0.5, 0.6) is 0 Å². The molecule has 2 aromatic heterocycles. The molecule has 80 heavy (non-hydrogen) atoms. The molecule has 0 N–H and O–H groups in total. The lowest BCUT2D eigenvalue weighted by atomic mass is 9.89. The molecular weight excluding hydrogens is 1070 g/mol. The molecule has 0 amide bonds. The Morgan fingerprint density at radius 2 is 0.750 bits per heavy atom. The molecule has 2 heterocycles. The van der Waals surface area contributed by atoms with Crippen molar-refractivity contribution in [3.05, 3.63) is 215 Å². The molecule has 0 saturated carbocycles. The second-order valence-electron chi connectivity index (χ2n) is 18.7. The van der Waals surface area contributed by atoms with E-state index in [-0.39, 0.29) is 62.2 Å². The van der Waals surface area contributed by atoms with E-state index in [4.69, 9.17) is 0 Å². The summed E-state index contributed by atoms with van der Waals surface area (Å²) < 4.78 is 215. The van der Waals surface area contributed by atoms with Gasteiger partial charge in [-0.1, -0.05) is 60.7 Å². The van der Waals surface area contributed by atoms with Gasteiger partial charge in [0.25, 0.3) is 0 Å². The number of nitriles is 2. The van der Waals surface area contributed by atoms with Crippen LogP contribution < -0.4 is 0 Å². The Balaban J connectivity index is 1.17. The van der Waals surface area contributed by atoms with Gasteiger partial charge in [0.1, 0.15) is 0 Å². The first-order chi connectivity index (χ1) is 37.7. The Morgan fingerprint density at radius 1 is 0.300 bits per heavy atom. The van der Waals surface area contributed by atoms with Crippen molar-refractivity contribution in [1.82, 2.24) is 9.13 Å². The Labute approximate surface area is 441 Å². The number of nitrogens with zero attached hydrogens (tertiary/aromatic N) is 4. The molecule has 0 spiro atoms. The summed E-state index contributed by atoms with van der Waals surface area (Å²) in [7, 11) is 0.